The Morgan fingerprint density at radius 1 is 1.30 bits per heavy atom. The average Bonchev–Trinajstić information content (AvgIpc) is 2.87. The summed E-state index contributed by atoms with van der Waals surface area (Å²) in [5.74, 6) is 0.768. The van der Waals surface area contributed by atoms with Gasteiger partial charge in [-0.25, -0.2) is 13.1 Å². The Morgan fingerprint density at radius 3 is 2.65 bits per heavy atom. The van der Waals surface area contributed by atoms with Gasteiger partial charge >= 0.3 is 0 Å². The van der Waals surface area contributed by atoms with Crippen LogP contribution in [0.5, 0.6) is 0 Å². The topological polar surface area (TPSA) is 72.2 Å². The smallest absolute Gasteiger partial charge is 0.244 e. The van der Waals surface area contributed by atoms with Crippen molar-refractivity contribution in [3.8, 4) is 0 Å². The maximum absolute atomic E-state index is 12.2. The zero-order valence-corrected chi connectivity index (χ0v) is 13.0. The van der Waals surface area contributed by atoms with Crippen LogP contribution in [0.15, 0.2) is 23.1 Å². The lowest BCUT2D eigenvalue weighted by molar-refractivity contribution is 0.480. The summed E-state index contributed by atoms with van der Waals surface area (Å²) >= 11 is 5.93. The van der Waals surface area contributed by atoms with Gasteiger partial charge in [0.15, 0.2) is 0 Å². The van der Waals surface area contributed by atoms with E-state index in [-0.39, 0.29) is 15.6 Å². The van der Waals surface area contributed by atoms with Crippen molar-refractivity contribution in [3.63, 3.8) is 0 Å². The number of hydrogen-bond donors (Lipinski definition) is 2. The molecule has 0 spiro atoms. The van der Waals surface area contributed by atoms with E-state index in [1.807, 2.05) is 0 Å². The minimum Gasteiger partial charge on any atom is -0.398 e. The van der Waals surface area contributed by atoms with E-state index in [1.54, 1.807) is 12.1 Å². The minimum atomic E-state index is -3.62. The second-order valence-electron chi connectivity index (χ2n) is 5.35. The number of halogens is 1. The molecule has 20 heavy (non-hydrogen) atoms. The lowest BCUT2D eigenvalue weighted by Gasteiger charge is -2.12. The van der Waals surface area contributed by atoms with Crippen LogP contribution in [0.25, 0.3) is 0 Å². The quantitative estimate of drug-likeness (QED) is 0.625. The van der Waals surface area contributed by atoms with Gasteiger partial charge in [0.25, 0.3) is 0 Å². The second kappa shape index (κ2) is 6.78. The molecular formula is C14H21ClN2O2S. The third-order valence-electron chi connectivity index (χ3n) is 3.82. The molecule has 0 unspecified atom stereocenters. The Morgan fingerprint density at radius 2 is 2.00 bits per heavy atom. The van der Waals surface area contributed by atoms with Crippen molar-refractivity contribution in [2.45, 2.75) is 43.4 Å². The molecule has 1 aromatic carbocycles. The summed E-state index contributed by atoms with van der Waals surface area (Å²) in [5, 5.41) is 0.160. The molecule has 0 heterocycles. The highest BCUT2D eigenvalue weighted by atomic mass is 35.5. The summed E-state index contributed by atoms with van der Waals surface area (Å²) < 4.78 is 27.0. The third kappa shape index (κ3) is 3.87. The first-order valence-corrected chi connectivity index (χ1v) is 8.90. The van der Waals surface area contributed by atoms with Gasteiger partial charge in [-0.05, 0) is 30.9 Å². The predicted octanol–water partition coefficient (Wildman–Crippen LogP) is 3.17. The first-order valence-electron chi connectivity index (χ1n) is 7.04. The van der Waals surface area contributed by atoms with Crippen LogP contribution < -0.4 is 10.5 Å². The van der Waals surface area contributed by atoms with Crippen molar-refractivity contribution in [3.05, 3.63) is 23.2 Å². The average molecular weight is 317 g/mol. The molecule has 4 nitrogen and oxygen atoms in total. The molecular weight excluding hydrogens is 296 g/mol. The lowest BCUT2D eigenvalue weighted by atomic mass is 10.0. The van der Waals surface area contributed by atoms with Crippen LogP contribution in [0.1, 0.15) is 38.5 Å². The molecule has 6 heteroatoms. The molecule has 112 valence electrons. The Kier molecular flexibility index (Phi) is 5.29. The summed E-state index contributed by atoms with van der Waals surface area (Å²) in [6, 6.07) is 4.71. The SMILES string of the molecule is Nc1cccc(Cl)c1S(=O)(=O)NCCCC1CCCC1. The molecule has 1 aromatic rings. The van der Waals surface area contributed by atoms with E-state index in [0.29, 0.717) is 6.54 Å². The van der Waals surface area contributed by atoms with Gasteiger partial charge in [-0.15, -0.1) is 0 Å². The number of rotatable bonds is 6. The maximum Gasteiger partial charge on any atom is 0.244 e. The first kappa shape index (κ1) is 15.6. The van der Waals surface area contributed by atoms with Crippen LogP contribution in [-0.2, 0) is 10.0 Å². The summed E-state index contributed by atoms with van der Waals surface area (Å²) in [6.45, 7) is 0.434. The van der Waals surface area contributed by atoms with E-state index in [1.165, 1.54) is 31.7 Å². The molecule has 0 bridgehead atoms. The van der Waals surface area contributed by atoms with Crippen molar-refractivity contribution in [2.75, 3.05) is 12.3 Å². The molecule has 3 N–H and O–H groups in total. The molecule has 0 amide bonds. The summed E-state index contributed by atoms with van der Waals surface area (Å²) in [6.07, 6.45) is 7.13. The minimum absolute atomic E-state index is 0.0115. The highest BCUT2D eigenvalue weighted by Gasteiger charge is 2.21. The largest absolute Gasteiger partial charge is 0.398 e. The van der Waals surface area contributed by atoms with Gasteiger partial charge < -0.3 is 5.73 Å². The van der Waals surface area contributed by atoms with Gasteiger partial charge in [-0.1, -0.05) is 43.4 Å². The monoisotopic (exact) mass is 316 g/mol. The van der Waals surface area contributed by atoms with Gasteiger partial charge in [0.2, 0.25) is 10.0 Å². The number of nitrogen functional groups attached to an aromatic ring is 1. The Bertz CT molecular complexity index is 534. The summed E-state index contributed by atoms with van der Waals surface area (Å²) in [5.41, 5.74) is 5.89. The molecule has 0 atom stereocenters. The molecule has 1 fully saturated rings. The van der Waals surface area contributed by atoms with E-state index in [0.717, 1.165) is 18.8 Å². The lowest BCUT2D eigenvalue weighted by Crippen LogP contribution is -2.26. The van der Waals surface area contributed by atoms with Gasteiger partial charge in [-0.3, -0.25) is 0 Å². The number of anilines is 1. The zero-order valence-electron chi connectivity index (χ0n) is 11.4. The van der Waals surface area contributed by atoms with E-state index in [4.69, 9.17) is 17.3 Å². The fourth-order valence-electron chi connectivity index (χ4n) is 2.78. The number of nitrogens with one attached hydrogen (secondary N) is 1. The molecule has 0 radical (unpaired) electrons. The van der Waals surface area contributed by atoms with Crippen LogP contribution >= 0.6 is 11.6 Å². The van der Waals surface area contributed by atoms with Gasteiger partial charge in [0.1, 0.15) is 4.90 Å². The Labute approximate surface area is 125 Å². The molecule has 0 aliphatic heterocycles. The normalized spacial score (nSPS) is 16.6. The van der Waals surface area contributed by atoms with E-state index in [9.17, 15) is 8.42 Å². The maximum atomic E-state index is 12.2. The van der Waals surface area contributed by atoms with E-state index < -0.39 is 10.0 Å². The van der Waals surface area contributed by atoms with Crippen molar-refractivity contribution in [2.24, 2.45) is 5.92 Å². The molecule has 0 aromatic heterocycles. The predicted molar refractivity (Wildman–Crippen MR) is 82.2 cm³/mol. The van der Waals surface area contributed by atoms with Gasteiger partial charge in [0, 0.05) is 6.54 Å². The van der Waals surface area contributed by atoms with Crippen LogP contribution in [0.4, 0.5) is 5.69 Å². The highest BCUT2D eigenvalue weighted by Crippen LogP contribution is 2.29. The van der Waals surface area contributed by atoms with E-state index >= 15 is 0 Å². The fourth-order valence-corrected chi connectivity index (χ4v) is 4.52. The van der Waals surface area contributed by atoms with Gasteiger partial charge in [0.05, 0.1) is 10.7 Å². The second-order valence-corrected chi connectivity index (χ2v) is 7.46. The molecule has 1 aliphatic rings. The van der Waals surface area contributed by atoms with Gasteiger partial charge in [-0.2, -0.15) is 0 Å². The Hall–Kier alpha value is -0.780. The summed E-state index contributed by atoms with van der Waals surface area (Å²) in [4.78, 5) is -0.0115. The van der Waals surface area contributed by atoms with Crippen LogP contribution in [-0.4, -0.2) is 15.0 Å². The van der Waals surface area contributed by atoms with Crippen LogP contribution in [0.3, 0.4) is 0 Å². The van der Waals surface area contributed by atoms with Crippen molar-refractivity contribution >= 4 is 27.3 Å². The Balaban J connectivity index is 1.90. The number of hydrogen-bond acceptors (Lipinski definition) is 3. The molecule has 1 aliphatic carbocycles. The van der Waals surface area contributed by atoms with E-state index in [2.05, 4.69) is 4.72 Å². The third-order valence-corrected chi connectivity index (χ3v) is 5.83. The number of sulfonamides is 1. The van der Waals surface area contributed by atoms with Crippen molar-refractivity contribution in [1.29, 1.82) is 0 Å². The zero-order chi connectivity index (χ0) is 14.6. The molecule has 2 rings (SSSR count). The number of nitrogens with two attached hydrogens (primary N) is 1. The highest BCUT2D eigenvalue weighted by molar-refractivity contribution is 7.89. The summed E-state index contributed by atoms with van der Waals surface area (Å²) in [7, 11) is -3.62. The van der Waals surface area contributed by atoms with Crippen molar-refractivity contribution < 1.29 is 8.42 Å². The van der Waals surface area contributed by atoms with Crippen LogP contribution in [0, 0.1) is 5.92 Å². The number of benzene rings is 1. The van der Waals surface area contributed by atoms with Crippen LogP contribution in [0.2, 0.25) is 5.02 Å². The fraction of sp³-hybridized carbons (Fsp3) is 0.571. The van der Waals surface area contributed by atoms with Crippen molar-refractivity contribution in [1.82, 2.24) is 4.72 Å². The standard InChI is InChI=1S/C14H21ClN2O2S/c15-12-8-3-9-13(16)14(12)20(18,19)17-10-4-7-11-5-1-2-6-11/h3,8-9,11,17H,1-2,4-7,10,16H2. The first-order chi connectivity index (χ1) is 9.50. The molecule has 1 saturated carbocycles. The molecule has 0 saturated heterocycles.